The minimum atomic E-state index is 0.844. The number of hydrogen-bond acceptors (Lipinski definition) is 2. The first-order chi connectivity index (χ1) is 8.27. The molecule has 2 aromatic carbocycles. The van der Waals surface area contributed by atoms with Gasteiger partial charge in [0.05, 0.1) is 0 Å². The molecule has 17 heavy (non-hydrogen) atoms. The van der Waals surface area contributed by atoms with Crippen LogP contribution in [0.15, 0.2) is 49.1 Å². The molecule has 2 heteroatoms. The fourth-order valence-corrected chi connectivity index (χ4v) is 2.14. The number of rotatable bonds is 4. The zero-order valence-electron chi connectivity index (χ0n) is 10.4. The van der Waals surface area contributed by atoms with E-state index < -0.39 is 0 Å². The molecule has 0 bridgehead atoms. The summed E-state index contributed by atoms with van der Waals surface area (Å²) in [5.74, 6) is 0. The molecular weight excluding hydrogens is 208 g/mol. The molecule has 1 N–H and O–H groups in total. The molecule has 0 aliphatic rings. The number of likely N-dealkylation sites (N-methyl/N-ethyl adjacent to an activating group) is 1. The van der Waals surface area contributed by atoms with E-state index in [2.05, 4.69) is 60.2 Å². The van der Waals surface area contributed by atoms with Crippen molar-refractivity contribution in [3.8, 4) is 0 Å². The smallest absolute Gasteiger partial charge is 0.0467 e. The van der Waals surface area contributed by atoms with Crippen LogP contribution >= 0.6 is 0 Å². The van der Waals surface area contributed by atoms with E-state index >= 15 is 0 Å². The van der Waals surface area contributed by atoms with Crippen LogP contribution in [0.4, 0.5) is 11.4 Å². The van der Waals surface area contributed by atoms with Gasteiger partial charge in [-0.25, -0.2) is 0 Å². The van der Waals surface area contributed by atoms with Gasteiger partial charge in [0.15, 0.2) is 0 Å². The Morgan fingerprint density at radius 3 is 2.59 bits per heavy atom. The van der Waals surface area contributed by atoms with Crippen LogP contribution in [0.5, 0.6) is 0 Å². The number of nitrogens with one attached hydrogen (secondary N) is 1. The maximum Gasteiger partial charge on any atom is 0.0467 e. The van der Waals surface area contributed by atoms with Crippen molar-refractivity contribution in [1.82, 2.24) is 0 Å². The lowest BCUT2D eigenvalue weighted by Crippen LogP contribution is -2.17. The predicted molar refractivity (Wildman–Crippen MR) is 77.0 cm³/mol. The molecule has 2 nitrogen and oxygen atoms in total. The SMILES string of the molecule is C=CCN(C)c1cccc2cccc(NC)c12. The van der Waals surface area contributed by atoms with Crippen LogP contribution in [0.2, 0.25) is 0 Å². The van der Waals surface area contributed by atoms with Gasteiger partial charge in [-0.05, 0) is 17.5 Å². The molecule has 0 heterocycles. The Labute approximate surface area is 103 Å². The van der Waals surface area contributed by atoms with Crippen molar-refractivity contribution in [3.63, 3.8) is 0 Å². The van der Waals surface area contributed by atoms with E-state index in [1.54, 1.807) is 0 Å². The van der Waals surface area contributed by atoms with Crippen molar-refractivity contribution in [2.24, 2.45) is 0 Å². The molecule has 0 fully saturated rings. The number of nitrogens with zero attached hydrogens (tertiary/aromatic N) is 1. The molecule has 0 aliphatic carbocycles. The molecule has 0 atom stereocenters. The molecule has 0 saturated carbocycles. The number of benzene rings is 2. The third-order valence-electron chi connectivity index (χ3n) is 2.97. The topological polar surface area (TPSA) is 15.3 Å². The van der Waals surface area contributed by atoms with E-state index in [4.69, 9.17) is 0 Å². The second kappa shape index (κ2) is 4.91. The summed E-state index contributed by atoms with van der Waals surface area (Å²) in [6, 6.07) is 12.7. The first-order valence-electron chi connectivity index (χ1n) is 5.79. The Morgan fingerprint density at radius 2 is 1.94 bits per heavy atom. The van der Waals surface area contributed by atoms with Crippen LogP contribution in [0.1, 0.15) is 0 Å². The van der Waals surface area contributed by atoms with Gasteiger partial charge in [0.2, 0.25) is 0 Å². The lowest BCUT2D eigenvalue weighted by molar-refractivity contribution is 1.04. The minimum absolute atomic E-state index is 0.844. The standard InChI is InChI=1S/C15H18N2/c1-4-11-17(3)14-10-6-8-12-7-5-9-13(16-2)15(12)14/h4-10,16H,1,11H2,2-3H3. The molecule has 0 aliphatic heterocycles. The van der Waals surface area contributed by atoms with Crippen molar-refractivity contribution in [2.45, 2.75) is 0 Å². The van der Waals surface area contributed by atoms with Crippen molar-refractivity contribution < 1.29 is 0 Å². The van der Waals surface area contributed by atoms with Gasteiger partial charge in [-0.15, -0.1) is 6.58 Å². The van der Waals surface area contributed by atoms with Crippen LogP contribution in [-0.4, -0.2) is 20.6 Å². The highest BCUT2D eigenvalue weighted by atomic mass is 15.1. The van der Waals surface area contributed by atoms with E-state index in [0.29, 0.717) is 0 Å². The zero-order valence-corrected chi connectivity index (χ0v) is 10.4. The Hall–Kier alpha value is -1.96. The van der Waals surface area contributed by atoms with Crippen LogP contribution < -0.4 is 10.2 Å². The molecule has 0 saturated heterocycles. The van der Waals surface area contributed by atoms with Gasteiger partial charge in [0.1, 0.15) is 0 Å². The average molecular weight is 226 g/mol. The van der Waals surface area contributed by atoms with Gasteiger partial charge < -0.3 is 10.2 Å². The highest BCUT2D eigenvalue weighted by Gasteiger charge is 2.07. The molecule has 0 unspecified atom stereocenters. The second-order valence-corrected chi connectivity index (χ2v) is 4.10. The highest BCUT2D eigenvalue weighted by Crippen LogP contribution is 2.32. The Morgan fingerprint density at radius 1 is 1.24 bits per heavy atom. The van der Waals surface area contributed by atoms with E-state index in [9.17, 15) is 0 Å². The minimum Gasteiger partial charge on any atom is -0.388 e. The Balaban J connectivity index is 2.66. The molecular formula is C15H18N2. The highest BCUT2D eigenvalue weighted by molar-refractivity contribution is 6.03. The summed E-state index contributed by atoms with van der Waals surface area (Å²) in [5, 5.41) is 5.78. The van der Waals surface area contributed by atoms with Crippen LogP contribution in [0.3, 0.4) is 0 Å². The van der Waals surface area contributed by atoms with E-state index in [0.717, 1.165) is 12.2 Å². The van der Waals surface area contributed by atoms with Crippen molar-refractivity contribution >= 4 is 22.1 Å². The van der Waals surface area contributed by atoms with Crippen molar-refractivity contribution in [3.05, 3.63) is 49.1 Å². The van der Waals surface area contributed by atoms with Gasteiger partial charge >= 0.3 is 0 Å². The van der Waals surface area contributed by atoms with Gasteiger partial charge in [0, 0.05) is 37.4 Å². The number of anilines is 2. The molecule has 88 valence electrons. The summed E-state index contributed by atoms with van der Waals surface area (Å²) in [6.07, 6.45) is 1.92. The van der Waals surface area contributed by atoms with Crippen molar-refractivity contribution in [1.29, 1.82) is 0 Å². The van der Waals surface area contributed by atoms with Crippen LogP contribution in [0.25, 0.3) is 10.8 Å². The molecule has 2 aromatic rings. The third kappa shape index (κ3) is 2.11. The maximum atomic E-state index is 3.79. The lowest BCUT2D eigenvalue weighted by Gasteiger charge is -2.21. The first kappa shape index (κ1) is 11.5. The Bertz CT molecular complexity index is 526. The van der Waals surface area contributed by atoms with E-state index in [1.807, 2.05) is 13.1 Å². The summed E-state index contributed by atoms with van der Waals surface area (Å²) < 4.78 is 0. The molecule has 0 spiro atoms. The zero-order chi connectivity index (χ0) is 12.3. The van der Waals surface area contributed by atoms with Crippen LogP contribution in [0, 0.1) is 0 Å². The summed E-state index contributed by atoms with van der Waals surface area (Å²) in [4.78, 5) is 2.20. The number of hydrogen-bond donors (Lipinski definition) is 1. The first-order valence-corrected chi connectivity index (χ1v) is 5.79. The lowest BCUT2D eigenvalue weighted by atomic mass is 10.1. The maximum absolute atomic E-state index is 3.79. The number of fused-ring (bicyclic) bond motifs is 1. The fraction of sp³-hybridized carbons (Fsp3) is 0.200. The van der Waals surface area contributed by atoms with Gasteiger partial charge in [-0.3, -0.25) is 0 Å². The summed E-state index contributed by atoms with van der Waals surface area (Å²) >= 11 is 0. The second-order valence-electron chi connectivity index (χ2n) is 4.10. The average Bonchev–Trinajstić information content (AvgIpc) is 2.37. The normalized spacial score (nSPS) is 10.2. The van der Waals surface area contributed by atoms with Gasteiger partial charge in [-0.1, -0.05) is 30.3 Å². The fourth-order valence-electron chi connectivity index (χ4n) is 2.14. The predicted octanol–water partition coefficient (Wildman–Crippen LogP) is 3.50. The van der Waals surface area contributed by atoms with Crippen molar-refractivity contribution in [2.75, 3.05) is 30.9 Å². The van der Waals surface area contributed by atoms with Gasteiger partial charge in [-0.2, -0.15) is 0 Å². The third-order valence-corrected chi connectivity index (χ3v) is 2.97. The molecule has 2 rings (SSSR count). The van der Waals surface area contributed by atoms with E-state index in [-0.39, 0.29) is 0 Å². The van der Waals surface area contributed by atoms with Gasteiger partial charge in [0.25, 0.3) is 0 Å². The quantitative estimate of drug-likeness (QED) is 0.803. The summed E-state index contributed by atoms with van der Waals surface area (Å²) in [6.45, 7) is 4.64. The Kier molecular flexibility index (Phi) is 3.33. The van der Waals surface area contributed by atoms with E-state index in [1.165, 1.54) is 16.5 Å². The van der Waals surface area contributed by atoms with Crippen LogP contribution in [-0.2, 0) is 0 Å². The molecule has 0 amide bonds. The monoisotopic (exact) mass is 226 g/mol. The largest absolute Gasteiger partial charge is 0.388 e. The summed E-state index contributed by atoms with van der Waals surface area (Å²) in [5.41, 5.74) is 2.39. The summed E-state index contributed by atoms with van der Waals surface area (Å²) in [7, 11) is 4.04. The molecule has 0 radical (unpaired) electrons. The molecule has 0 aromatic heterocycles.